The van der Waals surface area contributed by atoms with Crippen molar-refractivity contribution in [2.75, 3.05) is 13.9 Å². The Morgan fingerprint density at radius 2 is 1.56 bits per heavy atom. The molecule has 132 valence electrons. The van der Waals surface area contributed by atoms with E-state index in [-0.39, 0.29) is 24.8 Å². The number of fused-ring (bicyclic) bond motifs is 1. The molecule has 1 saturated heterocycles. The van der Waals surface area contributed by atoms with Gasteiger partial charge in [0.2, 0.25) is 6.79 Å². The van der Waals surface area contributed by atoms with E-state index in [0.29, 0.717) is 17.6 Å². The van der Waals surface area contributed by atoms with Crippen molar-refractivity contribution in [3.63, 3.8) is 0 Å². The number of phenols is 1. The van der Waals surface area contributed by atoms with Crippen LogP contribution in [0.2, 0.25) is 0 Å². The fourth-order valence-electron chi connectivity index (χ4n) is 3.68. The van der Waals surface area contributed by atoms with Crippen molar-refractivity contribution in [2.24, 2.45) is 11.8 Å². The van der Waals surface area contributed by atoms with Gasteiger partial charge in [0, 0.05) is 0 Å². The molecule has 0 saturated carbocycles. The van der Waals surface area contributed by atoms with E-state index in [1.54, 1.807) is 13.2 Å². The van der Waals surface area contributed by atoms with Crippen LogP contribution in [0.1, 0.15) is 37.2 Å². The van der Waals surface area contributed by atoms with Crippen molar-refractivity contribution in [1.29, 1.82) is 0 Å². The summed E-state index contributed by atoms with van der Waals surface area (Å²) in [6.07, 6.45) is -0.0748. The molecule has 0 bridgehead atoms. The third-order valence-corrected chi connectivity index (χ3v) is 5.34. The molecule has 0 amide bonds. The quantitative estimate of drug-likeness (QED) is 0.905. The third kappa shape index (κ3) is 2.68. The van der Waals surface area contributed by atoms with Crippen molar-refractivity contribution < 1.29 is 24.1 Å². The average molecular weight is 342 g/mol. The molecular formula is C20H22O5. The minimum Gasteiger partial charge on any atom is -0.504 e. The highest BCUT2D eigenvalue weighted by atomic mass is 16.7. The minimum atomic E-state index is -0.0556. The second kappa shape index (κ2) is 6.15. The summed E-state index contributed by atoms with van der Waals surface area (Å²) < 4.78 is 22.5. The van der Waals surface area contributed by atoms with Gasteiger partial charge in [-0.25, -0.2) is 0 Å². The van der Waals surface area contributed by atoms with E-state index in [1.165, 1.54) is 0 Å². The van der Waals surface area contributed by atoms with E-state index >= 15 is 0 Å². The summed E-state index contributed by atoms with van der Waals surface area (Å²) in [5.74, 6) is 2.82. The topological polar surface area (TPSA) is 57.2 Å². The first-order chi connectivity index (χ1) is 12.1. The zero-order chi connectivity index (χ0) is 17.6. The molecule has 2 aliphatic rings. The lowest BCUT2D eigenvalue weighted by Gasteiger charge is -2.17. The Morgan fingerprint density at radius 1 is 0.920 bits per heavy atom. The zero-order valence-corrected chi connectivity index (χ0v) is 14.6. The highest BCUT2D eigenvalue weighted by Crippen LogP contribution is 2.50. The summed E-state index contributed by atoms with van der Waals surface area (Å²) >= 11 is 0. The van der Waals surface area contributed by atoms with Crippen LogP contribution in [0.5, 0.6) is 23.0 Å². The van der Waals surface area contributed by atoms with Crippen LogP contribution in [0, 0.1) is 11.8 Å². The summed E-state index contributed by atoms with van der Waals surface area (Å²) in [6, 6.07) is 11.4. The Kier molecular flexibility index (Phi) is 3.96. The van der Waals surface area contributed by atoms with Crippen molar-refractivity contribution in [1.82, 2.24) is 0 Å². The molecule has 5 heteroatoms. The summed E-state index contributed by atoms with van der Waals surface area (Å²) in [4.78, 5) is 0. The first kappa shape index (κ1) is 16.1. The highest BCUT2D eigenvalue weighted by molar-refractivity contribution is 5.46. The van der Waals surface area contributed by atoms with Gasteiger partial charge in [-0.3, -0.25) is 0 Å². The highest BCUT2D eigenvalue weighted by Gasteiger charge is 2.41. The second-order valence-corrected chi connectivity index (χ2v) is 6.74. The van der Waals surface area contributed by atoms with Crippen LogP contribution in [-0.2, 0) is 4.74 Å². The van der Waals surface area contributed by atoms with Crippen LogP contribution in [0.3, 0.4) is 0 Å². The Hall–Kier alpha value is -2.40. The molecule has 0 spiro atoms. The van der Waals surface area contributed by atoms with Crippen LogP contribution in [0.4, 0.5) is 0 Å². The Bertz CT molecular complexity index is 767. The van der Waals surface area contributed by atoms with Crippen LogP contribution < -0.4 is 14.2 Å². The molecule has 2 aliphatic heterocycles. The van der Waals surface area contributed by atoms with Crippen molar-refractivity contribution in [3.05, 3.63) is 47.5 Å². The minimum absolute atomic E-state index is 0.0192. The van der Waals surface area contributed by atoms with E-state index in [4.69, 9.17) is 18.9 Å². The Morgan fingerprint density at radius 3 is 2.28 bits per heavy atom. The Balaban J connectivity index is 1.63. The second-order valence-electron chi connectivity index (χ2n) is 6.74. The lowest BCUT2D eigenvalue weighted by molar-refractivity contribution is 0.0288. The largest absolute Gasteiger partial charge is 0.504 e. The number of benzene rings is 2. The fourth-order valence-corrected chi connectivity index (χ4v) is 3.68. The molecule has 1 N–H and O–H groups in total. The van der Waals surface area contributed by atoms with E-state index in [1.807, 2.05) is 30.3 Å². The molecule has 2 heterocycles. The van der Waals surface area contributed by atoms with Gasteiger partial charge in [0.05, 0.1) is 19.3 Å². The number of aromatic hydroxyl groups is 1. The summed E-state index contributed by atoms with van der Waals surface area (Å²) in [5.41, 5.74) is 2.11. The smallest absolute Gasteiger partial charge is 0.231 e. The molecule has 0 aromatic heterocycles. The number of phenolic OH excluding ortho intramolecular Hbond substituents is 1. The van der Waals surface area contributed by atoms with Gasteiger partial charge in [0.25, 0.3) is 0 Å². The predicted molar refractivity (Wildman–Crippen MR) is 92.1 cm³/mol. The lowest BCUT2D eigenvalue weighted by Crippen LogP contribution is -2.09. The number of hydrogen-bond donors (Lipinski definition) is 1. The molecule has 4 atom stereocenters. The SMILES string of the molecule is COc1cc([C@H]2O[C@H](c3ccc4c(c3)OCO4)[C@H](C)[C@H]2C)ccc1O. The van der Waals surface area contributed by atoms with Crippen LogP contribution in [0.15, 0.2) is 36.4 Å². The molecule has 2 aromatic rings. The fraction of sp³-hybridized carbons (Fsp3) is 0.400. The van der Waals surface area contributed by atoms with Crippen molar-refractivity contribution in [3.8, 4) is 23.0 Å². The van der Waals surface area contributed by atoms with Gasteiger partial charge in [0.1, 0.15) is 0 Å². The normalized spacial score (nSPS) is 27.5. The van der Waals surface area contributed by atoms with Crippen molar-refractivity contribution in [2.45, 2.75) is 26.1 Å². The third-order valence-electron chi connectivity index (χ3n) is 5.34. The lowest BCUT2D eigenvalue weighted by atomic mass is 9.85. The van der Waals surface area contributed by atoms with Gasteiger partial charge in [-0.05, 0) is 47.2 Å². The van der Waals surface area contributed by atoms with E-state index < -0.39 is 0 Å². The zero-order valence-electron chi connectivity index (χ0n) is 14.6. The monoisotopic (exact) mass is 342 g/mol. The molecule has 1 fully saturated rings. The first-order valence-electron chi connectivity index (χ1n) is 8.50. The van der Waals surface area contributed by atoms with E-state index in [2.05, 4.69) is 13.8 Å². The summed E-state index contributed by atoms with van der Waals surface area (Å²) in [5, 5.41) is 9.82. The average Bonchev–Trinajstić information content (AvgIpc) is 3.20. The van der Waals surface area contributed by atoms with Gasteiger partial charge in [0.15, 0.2) is 23.0 Å². The van der Waals surface area contributed by atoms with Crippen molar-refractivity contribution >= 4 is 0 Å². The molecule has 2 aromatic carbocycles. The molecule has 0 aliphatic carbocycles. The molecule has 0 radical (unpaired) electrons. The van der Waals surface area contributed by atoms with Gasteiger partial charge < -0.3 is 24.1 Å². The number of rotatable bonds is 3. The maximum atomic E-state index is 9.82. The molecular weight excluding hydrogens is 320 g/mol. The van der Waals surface area contributed by atoms with Gasteiger partial charge in [-0.1, -0.05) is 26.0 Å². The van der Waals surface area contributed by atoms with Gasteiger partial charge >= 0.3 is 0 Å². The first-order valence-corrected chi connectivity index (χ1v) is 8.50. The number of methoxy groups -OCH3 is 1. The molecule has 5 nitrogen and oxygen atoms in total. The summed E-state index contributed by atoms with van der Waals surface area (Å²) in [7, 11) is 1.55. The molecule has 0 unspecified atom stereocenters. The standard InChI is InChI=1S/C20H22O5/c1-11-12(2)20(14-5-7-16-18(9-14)24-10-23-16)25-19(11)13-4-6-15(21)17(8-13)22-3/h4-9,11-12,19-21H,10H2,1-3H3/t11-,12-,19+,20+/m1/s1. The number of ether oxygens (including phenoxy) is 4. The van der Waals surface area contributed by atoms with Crippen LogP contribution in [0.25, 0.3) is 0 Å². The maximum Gasteiger partial charge on any atom is 0.231 e. The van der Waals surface area contributed by atoms with Gasteiger partial charge in [-0.15, -0.1) is 0 Å². The van der Waals surface area contributed by atoms with Crippen LogP contribution >= 0.6 is 0 Å². The van der Waals surface area contributed by atoms with Crippen LogP contribution in [-0.4, -0.2) is 19.0 Å². The maximum absolute atomic E-state index is 9.82. The predicted octanol–water partition coefficient (Wildman–Crippen LogP) is 4.21. The van der Waals surface area contributed by atoms with E-state index in [0.717, 1.165) is 22.6 Å². The van der Waals surface area contributed by atoms with E-state index in [9.17, 15) is 5.11 Å². The number of hydrogen-bond acceptors (Lipinski definition) is 5. The van der Waals surface area contributed by atoms with Gasteiger partial charge in [-0.2, -0.15) is 0 Å². The molecule has 25 heavy (non-hydrogen) atoms. The summed E-state index contributed by atoms with van der Waals surface area (Å²) in [6.45, 7) is 4.67. The molecule has 4 rings (SSSR count). The Labute approximate surface area is 147 Å².